The highest BCUT2D eigenvalue weighted by Crippen LogP contribution is 2.36. The van der Waals surface area contributed by atoms with Gasteiger partial charge in [0.15, 0.2) is 0 Å². The minimum Gasteiger partial charge on any atom is -0.249 e. The van der Waals surface area contributed by atoms with E-state index in [1.807, 2.05) is 4.68 Å². The number of aromatic nitrogens is 3. The average molecular weight is 204 g/mol. The molecular weight excluding hydrogens is 188 g/mol. The van der Waals surface area contributed by atoms with Crippen molar-refractivity contribution in [1.29, 1.82) is 5.26 Å². The summed E-state index contributed by atoms with van der Waals surface area (Å²) >= 11 is 0. The Hall–Kier alpha value is -1.37. The van der Waals surface area contributed by atoms with Gasteiger partial charge in [0.25, 0.3) is 0 Å². The summed E-state index contributed by atoms with van der Waals surface area (Å²) in [7, 11) is 0. The third-order valence-corrected chi connectivity index (χ3v) is 3.19. The molecule has 0 saturated heterocycles. The van der Waals surface area contributed by atoms with E-state index in [9.17, 15) is 0 Å². The lowest BCUT2D eigenvalue weighted by Gasteiger charge is -2.14. The Morgan fingerprint density at radius 2 is 2.53 bits per heavy atom. The van der Waals surface area contributed by atoms with Gasteiger partial charge in [0.2, 0.25) is 0 Å². The van der Waals surface area contributed by atoms with Crippen molar-refractivity contribution in [2.75, 3.05) is 0 Å². The van der Waals surface area contributed by atoms with Gasteiger partial charge in [-0.3, -0.25) is 0 Å². The molecule has 4 nitrogen and oxygen atoms in total. The van der Waals surface area contributed by atoms with Crippen LogP contribution < -0.4 is 0 Å². The molecule has 2 atom stereocenters. The highest BCUT2D eigenvalue weighted by molar-refractivity contribution is 5.07. The lowest BCUT2D eigenvalue weighted by Crippen LogP contribution is -2.09. The second kappa shape index (κ2) is 4.43. The molecule has 4 heteroatoms. The minimum atomic E-state index is 0.309. The molecule has 0 saturated carbocycles. The van der Waals surface area contributed by atoms with Crippen molar-refractivity contribution in [3.8, 4) is 6.07 Å². The van der Waals surface area contributed by atoms with E-state index in [0.29, 0.717) is 18.3 Å². The van der Waals surface area contributed by atoms with Gasteiger partial charge in [-0.1, -0.05) is 19.8 Å². The third-order valence-electron chi connectivity index (χ3n) is 3.19. The van der Waals surface area contributed by atoms with E-state index in [1.165, 1.54) is 19.3 Å². The molecular formula is C11H16N4. The molecule has 0 amide bonds. The summed E-state index contributed by atoms with van der Waals surface area (Å²) in [6.07, 6.45) is 5.81. The number of unbranched alkanes of at least 4 members (excludes halogenated alkanes) is 1. The van der Waals surface area contributed by atoms with Crippen molar-refractivity contribution >= 4 is 0 Å². The molecule has 0 fully saturated rings. The van der Waals surface area contributed by atoms with Gasteiger partial charge in [-0.25, -0.2) is 9.67 Å². The fourth-order valence-electron chi connectivity index (χ4n) is 2.38. The van der Waals surface area contributed by atoms with Gasteiger partial charge in [0, 0.05) is 18.9 Å². The van der Waals surface area contributed by atoms with Gasteiger partial charge in [-0.05, 0) is 12.3 Å². The summed E-state index contributed by atoms with van der Waals surface area (Å²) in [5.74, 6) is 1.89. The fraction of sp³-hybridized carbons (Fsp3) is 0.727. The summed E-state index contributed by atoms with van der Waals surface area (Å²) < 4.78 is 1.96. The Kier molecular flexibility index (Phi) is 3.00. The van der Waals surface area contributed by atoms with Crippen LogP contribution in [0, 0.1) is 17.2 Å². The van der Waals surface area contributed by atoms with Gasteiger partial charge in [-0.2, -0.15) is 10.4 Å². The molecule has 1 aliphatic heterocycles. The molecule has 0 spiro atoms. The molecule has 1 aromatic rings. The number of hydrogen-bond donors (Lipinski definition) is 0. The van der Waals surface area contributed by atoms with Crippen LogP contribution in [0.1, 0.15) is 44.3 Å². The Bertz CT molecular complexity index is 363. The number of nitrogens with zero attached hydrogens (tertiary/aromatic N) is 4. The van der Waals surface area contributed by atoms with Gasteiger partial charge in [0.05, 0.1) is 6.07 Å². The molecule has 0 aliphatic carbocycles. The van der Waals surface area contributed by atoms with E-state index in [4.69, 9.17) is 5.26 Å². The van der Waals surface area contributed by atoms with Crippen molar-refractivity contribution in [2.24, 2.45) is 5.92 Å². The van der Waals surface area contributed by atoms with Crippen LogP contribution in [0.3, 0.4) is 0 Å². The highest BCUT2D eigenvalue weighted by atomic mass is 15.3. The zero-order chi connectivity index (χ0) is 10.7. The van der Waals surface area contributed by atoms with Crippen molar-refractivity contribution in [3.63, 3.8) is 0 Å². The highest BCUT2D eigenvalue weighted by Gasteiger charge is 2.33. The number of rotatable bonds is 4. The lowest BCUT2D eigenvalue weighted by atomic mass is 9.88. The van der Waals surface area contributed by atoms with E-state index in [1.54, 1.807) is 6.33 Å². The molecule has 0 unspecified atom stereocenters. The topological polar surface area (TPSA) is 54.5 Å². The van der Waals surface area contributed by atoms with Crippen molar-refractivity contribution in [2.45, 2.75) is 45.1 Å². The Labute approximate surface area is 89.9 Å². The Balaban J connectivity index is 2.09. The van der Waals surface area contributed by atoms with E-state index >= 15 is 0 Å². The van der Waals surface area contributed by atoms with Crippen molar-refractivity contribution in [3.05, 3.63) is 12.2 Å². The van der Waals surface area contributed by atoms with Gasteiger partial charge in [-0.15, -0.1) is 0 Å². The number of hydrogen-bond acceptors (Lipinski definition) is 3. The molecule has 80 valence electrons. The zero-order valence-electron chi connectivity index (χ0n) is 9.06. The van der Waals surface area contributed by atoms with E-state index in [0.717, 1.165) is 12.4 Å². The van der Waals surface area contributed by atoms with Gasteiger partial charge >= 0.3 is 0 Å². The first kappa shape index (κ1) is 10.2. The molecule has 0 N–H and O–H groups in total. The molecule has 0 aromatic carbocycles. The van der Waals surface area contributed by atoms with E-state index in [2.05, 4.69) is 23.1 Å². The second-order valence-electron chi connectivity index (χ2n) is 4.17. The summed E-state index contributed by atoms with van der Waals surface area (Å²) in [6.45, 7) is 3.15. The quantitative estimate of drug-likeness (QED) is 0.754. The predicted molar refractivity (Wildman–Crippen MR) is 56.0 cm³/mol. The molecule has 15 heavy (non-hydrogen) atoms. The van der Waals surface area contributed by atoms with E-state index < -0.39 is 0 Å². The first-order chi connectivity index (χ1) is 7.36. The molecule has 2 heterocycles. The fourth-order valence-corrected chi connectivity index (χ4v) is 2.38. The molecule has 0 radical (unpaired) electrons. The van der Waals surface area contributed by atoms with Gasteiger partial charge < -0.3 is 0 Å². The smallest absolute Gasteiger partial charge is 0.138 e. The van der Waals surface area contributed by atoms with Crippen molar-refractivity contribution < 1.29 is 0 Å². The van der Waals surface area contributed by atoms with Crippen LogP contribution in [-0.4, -0.2) is 14.8 Å². The first-order valence-electron chi connectivity index (χ1n) is 5.61. The molecule has 2 rings (SSSR count). The SMILES string of the molecule is CCCC[C@@H]1Cn2ncnc2[C@@H]1CC#N. The Morgan fingerprint density at radius 1 is 1.67 bits per heavy atom. The molecule has 1 aromatic heterocycles. The predicted octanol–water partition coefficient (Wildman–Crippen LogP) is 2.10. The summed E-state index contributed by atoms with van der Waals surface area (Å²) in [4.78, 5) is 4.26. The maximum absolute atomic E-state index is 8.83. The lowest BCUT2D eigenvalue weighted by molar-refractivity contribution is 0.386. The second-order valence-corrected chi connectivity index (χ2v) is 4.17. The summed E-state index contributed by atoms with van der Waals surface area (Å²) in [5, 5.41) is 13.0. The number of fused-ring (bicyclic) bond motifs is 1. The van der Waals surface area contributed by atoms with Gasteiger partial charge in [0.1, 0.15) is 12.2 Å². The van der Waals surface area contributed by atoms with E-state index in [-0.39, 0.29) is 0 Å². The van der Waals surface area contributed by atoms with Crippen molar-refractivity contribution in [1.82, 2.24) is 14.8 Å². The molecule has 0 bridgehead atoms. The largest absolute Gasteiger partial charge is 0.249 e. The summed E-state index contributed by atoms with van der Waals surface area (Å²) in [6, 6.07) is 2.27. The monoisotopic (exact) mass is 204 g/mol. The zero-order valence-corrected chi connectivity index (χ0v) is 9.06. The standard InChI is InChI=1S/C11H16N4/c1-2-3-4-9-7-15-11(13-8-14-15)10(9)5-6-12/h8-10H,2-5,7H2,1H3/t9-,10-/m1/s1. The van der Waals surface area contributed by atoms with Crippen LogP contribution in [0.4, 0.5) is 0 Å². The van der Waals surface area contributed by atoms with Crippen LogP contribution in [0.25, 0.3) is 0 Å². The maximum Gasteiger partial charge on any atom is 0.138 e. The normalized spacial score (nSPS) is 23.7. The van der Waals surface area contributed by atoms with Crippen LogP contribution in [-0.2, 0) is 6.54 Å². The van der Waals surface area contributed by atoms with Crippen LogP contribution in [0.5, 0.6) is 0 Å². The van der Waals surface area contributed by atoms with Crippen LogP contribution >= 0.6 is 0 Å². The van der Waals surface area contributed by atoms with Crippen LogP contribution in [0.2, 0.25) is 0 Å². The number of nitriles is 1. The van der Waals surface area contributed by atoms with Crippen LogP contribution in [0.15, 0.2) is 6.33 Å². The Morgan fingerprint density at radius 3 is 3.27 bits per heavy atom. The third kappa shape index (κ3) is 1.87. The maximum atomic E-state index is 8.83. The summed E-state index contributed by atoms with van der Waals surface area (Å²) in [5.41, 5.74) is 0. The minimum absolute atomic E-state index is 0.309. The molecule has 1 aliphatic rings. The average Bonchev–Trinajstić information content (AvgIpc) is 2.78. The first-order valence-corrected chi connectivity index (χ1v) is 5.61.